The molecular weight excluding hydrogens is 363 g/mol. The number of hydrogen-bond donors (Lipinski definition) is 2. The Labute approximate surface area is 165 Å². The molecule has 0 aliphatic carbocycles. The number of aromatic amines is 1. The Kier molecular flexibility index (Phi) is 6.29. The van der Waals surface area contributed by atoms with Crippen LogP contribution in [0.4, 0.5) is 0 Å². The lowest BCUT2D eigenvalue weighted by Gasteiger charge is -2.10. The third-order valence-electron chi connectivity index (χ3n) is 5.21. The fraction of sp³-hybridized carbons (Fsp3) is 0.364. The summed E-state index contributed by atoms with van der Waals surface area (Å²) in [7, 11) is 0. The van der Waals surface area contributed by atoms with Crippen LogP contribution < -0.4 is 5.73 Å². The number of rotatable bonds is 7. The van der Waals surface area contributed by atoms with E-state index < -0.39 is 0 Å². The summed E-state index contributed by atoms with van der Waals surface area (Å²) in [5.74, 6) is 0.510. The van der Waals surface area contributed by atoms with Crippen LogP contribution in [0.2, 0.25) is 10.0 Å². The van der Waals surface area contributed by atoms with Gasteiger partial charge in [-0.1, -0.05) is 61.3 Å². The zero-order valence-corrected chi connectivity index (χ0v) is 16.9. The van der Waals surface area contributed by atoms with Crippen LogP contribution in [0, 0.1) is 0 Å². The third kappa shape index (κ3) is 3.78. The summed E-state index contributed by atoms with van der Waals surface area (Å²) in [5.41, 5.74) is 11.9. The lowest BCUT2D eigenvalue weighted by atomic mass is 9.94. The monoisotopic (exact) mass is 388 g/mol. The summed E-state index contributed by atoms with van der Waals surface area (Å²) >= 11 is 12.4. The Morgan fingerprint density at radius 3 is 2.58 bits per heavy atom. The van der Waals surface area contributed by atoms with Crippen LogP contribution in [-0.2, 0) is 6.42 Å². The topological polar surface area (TPSA) is 41.8 Å². The van der Waals surface area contributed by atoms with Crippen molar-refractivity contribution < 1.29 is 0 Å². The Bertz CT molecular complexity index is 899. The summed E-state index contributed by atoms with van der Waals surface area (Å²) in [6.45, 7) is 5.24. The van der Waals surface area contributed by atoms with Crippen molar-refractivity contribution in [3.8, 4) is 11.3 Å². The number of halogens is 2. The van der Waals surface area contributed by atoms with Gasteiger partial charge >= 0.3 is 0 Å². The highest BCUT2D eigenvalue weighted by atomic mass is 35.5. The molecule has 1 aromatic heterocycles. The average Bonchev–Trinajstić information content (AvgIpc) is 3.02. The van der Waals surface area contributed by atoms with Crippen LogP contribution in [0.5, 0.6) is 0 Å². The predicted molar refractivity (Wildman–Crippen MR) is 114 cm³/mol. The van der Waals surface area contributed by atoms with Gasteiger partial charge in [-0.15, -0.1) is 0 Å². The highest BCUT2D eigenvalue weighted by Gasteiger charge is 2.17. The lowest BCUT2D eigenvalue weighted by Crippen LogP contribution is -1.99. The molecule has 1 heterocycles. The van der Waals surface area contributed by atoms with E-state index in [1.54, 1.807) is 0 Å². The van der Waals surface area contributed by atoms with Gasteiger partial charge in [0.15, 0.2) is 0 Å². The largest absolute Gasteiger partial charge is 0.354 e. The molecule has 0 bridgehead atoms. The predicted octanol–water partition coefficient (Wildman–Crippen LogP) is 6.94. The van der Waals surface area contributed by atoms with Crippen LogP contribution in [0.15, 0.2) is 36.4 Å². The number of aryl methyl sites for hydroxylation is 1. The van der Waals surface area contributed by atoms with E-state index in [4.69, 9.17) is 28.9 Å². The number of H-pyrrole nitrogens is 1. The van der Waals surface area contributed by atoms with Crippen molar-refractivity contribution in [3.63, 3.8) is 0 Å². The number of benzene rings is 2. The van der Waals surface area contributed by atoms with Crippen LogP contribution in [0.3, 0.4) is 0 Å². The summed E-state index contributed by atoms with van der Waals surface area (Å²) in [6, 6.07) is 12.5. The molecule has 0 amide bonds. The van der Waals surface area contributed by atoms with Crippen molar-refractivity contribution >= 4 is 34.1 Å². The molecule has 0 saturated carbocycles. The molecule has 1 atom stereocenters. The van der Waals surface area contributed by atoms with Gasteiger partial charge < -0.3 is 10.7 Å². The van der Waals surface area contributed by atoms with Gasteiger partial charge in [-0.25, -0.2) is 0 Å². The van der Waals surface area contributed by atoms with Gasteiger partial charge in [0.25, 0.3) is 0 Å². The minimum absolute atomic E-state index is 0.510. The molecule has 0 radical (unpaired) electrons. The lowest BCUT2D eigenvalue weighted by molar-refractivity contribution is 0.738. The molecule has 2 nitrogen and oxygen atoms in total. The first-order valence-electron chi connectivity index (χ1n) is 9.35. The van der Waals surface area contributed by atoms with Gasteiger partial charge in [0.05, 0.1) is 10.0 Å². The number of nitrogens with one attached hydrogen (secondary N) is 1. The van der Waals surface area contributed by atoms with E-state index in [1.165, 1.54) is 22.0 Å². The molecule has 0 saturated heterocycles. The van der Waals surface area contributed by atoms with Gasteiger partial charge in [0, 0.05) is 16.6 Å². The maximum absolute atomic E-state index is 6.28. The first-order chi connectivity index (χ1) is 12.6. The molecule has 0 fully saturated rings. The van der Waals surface area contributed by atoms with E-state index in [9.17, 15) is 0 Å². The quantitative estimate of drug-likeness (QED) is 0.422. The van der Waals surface area contributed by atoms with Crippen LogP contribution in [-0.4, -0.2) is 11.5 Å². The second-order valence-corrected chi connectivity index (χ2v) is 7.75. The fourth-order valence-corrected chi connectivity index (χ4v) is 3.83. The first kappa shape index (κ1) is 19.3. The summed E-state index contributed by atoms with van der Waals surface area (Å²) < 4.78 is 0. The molecule has 0 spiro atoms. The van der Waals surface area contributed by atoms with E-state index in [2.05, 4.69) is 37.0 Å². The van der Waals surface area contributed by atoms with Crippen molar-refractivity contribution in [2.45, 2.75) is 45.4 Å². The number of aromatic nitrogens is 1. The van der Waals surface area contributed by atoms with E-state index in [-0.39, 0.29) is 0 Å². The van der Waals surface area contributed by atoms with Crippen molar-refractivity contribution in [3.05, 3.63) is 57.6 Å². The Morgan fingerprint density at radius 2 is 1.88 bits per heavy atom. The molecule has 1 unspecified atom stereocenters. The number of unbranched alkanes of at least 4 members (excludes halogenated alkanes) is 1. The molecule has 26 heavy (non-hydrogen) atoms. The van der Waals surface area contributed by atoms with Crippen LogP contribution >= 0.6 is 23.2 Å². The smallest absolute Gasteiger partial charge is 0.0599 e. The zero-order valence-electron chi connectivity index (χ0n) is 15.4. The Balaban J connectivity index is 2.18. The molecule has 0 aliphatic rings. The van der Waals surface area contributed by atoms with E-state index in [0.29, 0.717) is 16.0 Å². The molecule has 3 N–H and O–H groups in total. The highest BCUT2D eigenvalue weighted by molar-refractivity contribution is 6.42. The van der Waals surface area contributed by atoms with Crippen molar-refractivity contribution in [1.29, 1.82) is 0 Å². The SMILES string of the molecule is CCC(C)c1cccc2c(CCCCN)c(-c3ccc(Cl)c(Cl)c3)[nH]c12. The van der Waals surface area contributed by atoms with Gasteiger partial charge in [0.1, 0.15) is 0 Å². The maximum Gasteiger partial charge on any atom is 0.0599 e. The van der Waals surface area contributed by atoms with E-state index in [0.717, 1.165) is 43.5 Å². The molecule has 3 aromatic rings. The Morgan fingerprint density at radius 1 is 1.08 bits per heavy atom. The summed E-state index contributed by atoms with van der Waals surface area (Å²) in [5, 5.41) is 2.47. The highest BCUT2D eigenvalue weighted by Crippen LogP contribution is 2.37. The molecule has 3 rings (SSSR count). The van der Waals surface area contributed by atoms with E-state index >= 15 is 0 Å². The molecule has 2 aromatic carbocycles. The Hall–Kier alpha value is -1.48. The third-order valence-corrected chi connectivity index (χ3v) is 5.95. The molecule has 0 aliphatic heterocycles. The molecule has 138 valence electrons. The number of hydrogen-bond acceptors (Lipinski definition) is 1. The molecular formula is C22H26Cl2N2. The summed E-state index contributed by atoms with van der Waals surface area (Å²) in [6.07, 6.45) is 4.21. The van der Waals surface area contributed by atoms with Crippen LogP contribution in [0.25, 0.3) is 22.2 Å². The fourth-order valence-electron chi connectivity index (χ4n) is 3.53. The van der Waals surface area contributed by atoms with Gasteiger partial charge in [0.2, 0.25) is 0 Å². The van der Waals surface area contributed by atoms with Crippen LogP contribution in [0.1, 0.15) is 50.2 Å². The van der Waals surface area contributed by atoms with Gasteiger partial charge in [-0.2, -0.15) is 0 Å². The van der Waals surface area contributed by atoms with Crippen molar-refractivity contribution in [1.82, 2.24) is 4.98 Å². The minimum Gasteiger partial charge on any atom is -0.354 e. The average molecular weight is 389 g/mol. The van der Waals surface area contributed by atoms with Crippen molar-refractivity contribution in [2.24, 2.45) is 5.73 Å². The summed E-state index contributed by atoms with van der Waals surface area (Å²) in [4.78, 5) is 3.70. The van der Waals surface area contributed by atoms with Crippen molar-refractivity contribution in [2.75, 3.05) is 6.54 Å². The van der Waals surface area contributed by atoms with Gasteiger partial charge in [-0.05, 0) is 67.0 Å². The maximum atomic E-state index is 6.28. The minimum atomic E-state index is 0.510. The van der Waals surface area contributed by atoms with Gasteiger partial charge in [-0.3, -0.25) is 0 Å². The normalized spacial score (nSPS) is 12.7. The second kappa shape index (κ2) is 8.47. The van der Waals surface area contributed by atoms with E-state index in [1.807, 2.05) is 18.2 Å². The number of para-hydroxylation sites is 1. The first-order valence-corrected chi connectivity index (χ1v) is 10.1. The molecule has 4 heteroatoms. The second-order valence-electron chi connectivity index (χ2n) is 6.93. The number of fused-ring (bicyclic) bond motifs is 1. The standard InChI is InChI=1S/C22H26Cl2N2/c1-3-14(2)16-8-6-9-18-17(7-4-5-12-25)21(26-22(16)18)15-10-11-19(23)20(24)13-15/h6,8-11,13-14,26H,3-5,7,12,25H2,1-2H3. The number of nitrogens with two attached hydrogens (primary N) is 1. The zero-order chi connectivity index (χ0) is 18.7.